The van der Waals surface area contributed by atoms with E-state index >= 15 is 0 Å². The predicted octanol–water partition coefficient (Wildman–Crippen LogP) is 2.05. The molecule has 1 unspecified atom stereocenters. The maximum absolute atomic E-state index is 12.2. The van der Waals surface area contributed by atoms with E-state index in [-0.39, 0.29) is 5.91 Å². The molecule has 0 aromatic carbocycles. The van der Waals surface area contributed by atoms with Gasteiger partial charge in [-0.25, -0.2) is 4.79 Å². The number of amides is 1. The van der Waals surface area contributed by atoms with Crippen molar-refractivity contribution in [1.29, 1.82) is 0 Å². The second-order valence-electron chi connectivity index (χ2n) is 4.34. The number of carboxylic acid groups (broad SMARTS) is 1. The summed E-state index contributed by atoms with van der Waals surface area (Å²) in [5.41, 5.74) is 1.09. The minimum Gasteiger partial charge on any atom is -0.480 e. The molecule has 1 aliphatic rings. The third kappa shape index (κ3) is 2.20. The van der Waals surface area contributed by atoms with Crippen molar-refractivity contribution in [2.45, 2.75) is 32.7 Å². The largest absolute Gasteiger partial charge is 0.480 e. The van der Waals surface area contributed by atoms with Crippen LogP contribution in [0, 0.1) is 13.8 Å². The summed E-state index contributed by atoms with van der Waals surface area (Å²) >= 11 is 1.44. The first-order valence-corrected chi connectivity index (χ1v) is 6.43. The van der Waals surface area contributed by atoms with Crippen molar-refractivity contribution in [1.82, 2.24) is 4.90 Å². The molecule has 1 amide bonds. The molecular weight excluding hydrogens is 238 g/mol. The van der Waals surface area contributed by atoms with Gasteiger partial charge in [-0.1, -0.05) is 0 Å². The van der Waals surface area contributed by atoms with E-state index in [2.05, 4.69) is 0 Å². The van der Waals surface area contributed by atoms with Gasteiger partial charge in [0, 0.05) is 11.4 Å². The number of carbonyl (C=O) groups is 2. The number of hydrogen-bond donors (Lipinski definition) is 1. The van der Waals surface area contributed by atoms with Crippen LogP contribution in [-0.4, -0.2) is 34.5 Å². The van der Waals surface area contributed by atoms with Gasteiger partial charge in [0.2, 0.25) is 0 Å². The molecule has 5 heteroatoms. The summed E-state index contributed by atoms with van der Waals surface area (Å²) in [6, 6.07) is 1.20. The molecule has 1 fully saturated rings. The first kappa shape index (κ1) is 12.1. The maximum atomic E-state index is 12.2. The number of nitrogens with zero attached hydrogens (tertiary/aromatic N) is 1. The van der Waals surface area contributed by atoms with E-state index in [0.717, 1.165) is 16.9 Å². The summed E-state index contributed by atoms with van der Waals surface area (Å²) in [4.78, 5) is 26.5. The molecule has 1 N–H and O–H groups in total. The zero-order chi connectivity index (χ0) is 12.6. The van der Waals surface area contributed by atoms with Crippen LogP contribution >= 0.6 is 11.3 Å². The number of carboxylic acids is 1. The summed E-state index contributed by atoms with van der Waals surface area (Å²) in [6.45, 7) is 4.47. The number of rotatable bonds is 2. The molecule has 0 radical (unpaired) electrons. The Morgan fingerprint density at radius 2 is 2.18 bits per heavy atom. The Labute approximate surface area is 104 Å². The lowest BCUT2D eigenvalue weighted by Crippen LogP contribution is -2.40. The molecule has 17 heavy (non-hydrogen) atoms. The van der Waals surface area contributed by atoms with Crippen molar-refractivity contribution in [3.63, 3.8) is 0 Å². The Morgan fingerprint density at radius 1 is 1.47 bits per heavy atom. The zero-order valence-corrected chi connectivity index (χ0v) is 10.7. The fourth-order valence-corrected chi connectivity index (χ4v) is 3.08. The molecule has 1 aromatic rings. The van der Waals surface area contributed by atoms with Crippen LogP contribution < -0.4 is 0 Å². The van der Waals surface area contributed by atoms with Crippen molar-refractivity contribution in [3.8, 4) is 0 Å². The van der Waals surface area contributed by atoms with Crippen LogP contribution in [0.3, 0.4) is 0 Å². The number of hydrogen-bond acceptors (Lipinski definition) is 3. The van der Waals surface area contributed by atoms with E-state index in [1.54, 1.807) is 0 Å². The normalized spacial score (nSPS) is 19.6. The molecule has 0 saturated carbocycles. The van der Waals surface area contributed by atoms with Crippen LogP contribution in [0.15, 0.2) is 6.07 Å². The lowest BCUT2D eigenvalue weighted by molar-refractivity contribution is -0.141. The number of likely N-dealkylation sites (tertiary alicyclic amines) is 1. The highest BCUT2D eigenvalue weighted by Crippen LogP contribution is 2.26. The fraction of sp³-hybridized carbons (Fsp3) is 0.500. The monoisotopic (exact) mass is 253 g/mol. The third-order valence-electron chi connectivity index (χ3n) is 3.18. The number of carbonyl (C=O) groups excluding carboxylic acids is 1. The first-order valence-electron chi connectivity index (χ1n) is 5.61. The van der Waals surface area contributed by atoms with E-state index in [1.807, 2.05) is 19.9 Å². The van der Waals surface area contributed by atoms with Gasteiger partial charge in [0.1, 0.15) is 6.04 Å². The Morgan fingerprint density at radius 3 is 2.71 bits per heavy atom. The molecule has 2 rings (SSSR count). The molecule has 2 heterocycles. The molecule has 0 bridgehead atoms. The lowest BCUT2D eigenvalue weighted by Gasteiger charge is -2.20. The van der Waals surface area contributed by atoms with Crippen molar-refractivity contribution < 1.29 is 14.7 Å². The van der Waals surface area contributed by atoms with Gasteiger partial charge in [0.25, 0.3) is 5.91 Å². The molecule has 1 atom stereocenters. The second kappa shape index (κ2) is 4.49. The van der Waals surface area contributed by atoms with Crippen molar-refractivity contribution in [2.75, 3.05) is 6.54 Å². The summed E-state index contributed by atoms with van der Waals surface area (Å²) in [5, 5.41) is 9.05. The average Bonchev–Trinajstić information content (AvgIpc) is 2.85. The highest BCUT2D eigenvalue weighted by molar-refractivity contribution is 7.14. The van der Waals surface area contributed by atoms with E-state index < -0.39 is 12.0 Å². The first-order chi connectivity index (χ1) is 8.00. The van der Waals surface area contributed by atoms with Crippen LogP contribution in [0.25, 0.3) is 0 Å². The zero-order valence-electron chi connectivity index (χ0n) is 9.90. The Balaban J connectivity index is 2.22. The lowest BCUT2D eigenvalue weighted by atomic mass is 10.2. The van der Waals surface area contributed by atoms with Gasteiger partial charge in [-0.05, 0) is 38.3 Å². The third-order valence-corrected chi connectivity index (χ3v) is 4.32. The van der Waals surface area contributed by atoms with Gasteiger partial charge in [-0.3, -0.25) is 4.79 Å². The standard InChI is InChI=1S/C12H15NO3S/c1-7-6-10(17-8(7)2)11(14)13-5-3-4-9(13)12(15)16/h6,9H,3-5H2,1-2H3,(H,15,16). The number of aliphatic carboxylic acids is 1. The number of thiophene rings is 1. The van der Waals surface area contributed by atoms with E-state index in [0.29, 0.717) is 17.8 Å². The summed E-state index contributed by atoms with van der Waals surface area (Å²) in [5.74, 6) is -1.04. The van der Waals surface area contributed by atoms with Gasteiger partial charge >= 0.3 is 5.97 Å². The van der Waals surface area contributed by atoms with Crippen molar-refractivity contribution in [3.05, 3.63) is 21.4 Å². The van der Waals surface area contributed by atoms with E-state index in [4.69, 9.17) is 5.11 Å². The van der Waals surface area contributed by atoms with Crippen LogP contribution in [-0.2, 0) is 4.79 Å². The second-order valence-corrected chi connectivity index (χ2v) is 5.60. The fourth-order valence-electron chi connectivity index (χ4n) is 2.09. The molecule has 0 aliphatic carbocycles. The van der Waals surface area contributed by atoms with Gasteiger partial charge in [-0.2, -0.15) is 0 Å². The van der Waals surface area contributed by atoms with Gasteiger partial charge < -0.3 is 10.0 Å². The quantitative estimate of drug-likeness (QED) is 0.877. The Kier molecular flexibility index (Phi) is 3.19. The molecule has 4 nitrogen and oxygen atoms in total. The minimum atomic E-state index is -0.902. The molecule has 0 spiro atoms. The molecule has 92 valence electrons. The van der Waals surface area contributed by atoms with Crippen LogP contribution in [0.1, 0.15) is 33.0 Å². The topological polar surface area (TPSA) is 57.6 Å². The van der Waals surface area contributed by atoms with Crippen LogP contribution in [0.5, 0.6) is 0 Å². The highest BCUT2D eigenvalue weighted by Gasteiger charge is 2.34. The molecule has 1 aromatic heterocycles. The van der Waals surface area contributed by atoms with E-state index in [9.17, 15) is 9.59 Å². The van der Waals surface area contributed by atoms with Gasteiger partial charge in [0.15, 0.2) is 0 Å². The van der Waals surface area contributed by atoms with Gasteiger partial charge in [0.05, 0.1) is 4.88 Å². The molecular formula is C12H15NO3S. The van der Waals surface area contributed by atoms with Crippen LogP contribution in [0.4, 0.5) is 0 Å². The summed E-state index contributed by atoms with van der Waals surface area (Å²) in [6.07, 6.45) is 1.33. The SMILES string of the molecule is Cc1cc(C(=O)N2CCCC2C(=O)O)sc1C. The minimum absolute atomic E-state index is 0.142. The van der Waals surface area contributed by atoms with Crippen molar-refractivity contribution in [2.24, 2.45) is 0 Å². The summed E-state index contributed by atoms with van der Waals surface area (Å²) in [7, 11) is 0. The van der Waals surface area contributed by atoms with E-state index in [1.165, 1.54) is 16.2 Å². The van der Waals surface area contributed by atoms with Gasteiger partial charge in [-0.15, -0.1) is 11.3 Å². The van der Waals surface area contributed by atoms with Crippen LogP contribution in [0.2, 0.25) is 0 Å². The molecule has 1 aliphatic heterocycles. The predicted molar refractivity (Wildman–Crippen MR) is 65.5 cm³/mol. The summed E-state index contributed by atoms with van der Waals surface area (Å²) < 4.78 is 0. The smallest absolute Gasteiger partial charge is 0.326 e. The Hall–Kier alpha value is -1.36. The number of aryl methyl sites for hydroxylation is 2. The maximum Gasteiger partial charge on any atom is 0.326 e. The Bertz CT molecular complexity index is 447. The average molecular weight is 253 g/mol. The molecule has 1 saturated heterocycles. The van der Waals surface area contributed by atoms with Crippen molar-refractivity contribution >= 4 is 23.2 Å². The highest BCUT2D eigenvalue weighted by atomic mass is 32.1.